The van der Waals surface area contributed by atoms with Crippen LogP contribution >= 0.6 is 15.9 Å². The molecule has 0 saturated carbocycles. The number of benzene rings is 1. The van der Waals surface area contributed by atoms with Crippen molar-refractivity contribution >= 4 is 33.4 Å². The molecule has 1 aromatic rings. The molecule has 0 aliphatic carbocycles. The van der Waals surface area contributed by atoms with Crippen LogP contribution in [0.25, 0.3) is 0 Å². The van der Waals surface area contributed by atoms with Gasteiger partial charge < -0.3 is 21.0 Å². The van der Waals surface area contributed by atoms with E-state index in [2.05, 4.69) is 26.4 Å². The van der Waals surface area contributed by atoms with Gasteiger partial charge in [0.1, 0.15) is 5.75 Å². The number of methoxy groups -OCH3 is 1. The Hall–Kier alpha value is -1.76. The average molecular weight is 330 g/mol. The maximum absolute atomic E-state index is 12.0. The molecule has 1 atom stereocenters. The van der Waals surface area contributed by atoms with E-state index in [1.54, 1.807) is 32.2 Å². The molecule has 1 rings (SSSR count). The van der Waals surface area contributed by atoms with Gasteiger partial charge in [-0.3, -0.25) is 4.79 Å². The van der Waals surface area contributed by atoms with Gasteiger partial charge in [0.05, 0.1) is 13.0 Å². The molecule has 0 radical (unpaired) electrons. The van der Waals surface area contributed by atoms with Gasteiger partial charge in [0.2, 0.25) is 5.91 Å². The highest BCUT2D eigenvalue weighted by Crippen LogP contribution is 2.25. The molecular weight excluding hydrogens is 314 g/mol. The summed E-state index contributed by atoms with van der Waals surface area (Å²) in [4.78, 5) is 12.0. The van der Waals surface area contributed by atoms with Crippen LogP contribution < -0.4 is 15.8 Å². The first-order valence-electron chi connectivity index (χ1n) is 5.64. The molecule has 1 unspecified atom stereocenters. The monoisotopic (exact) mass is 329 g/mol. The number of amides is 1. The predicted molar refractivity (Wildman–Crippen MR) is 76.5 cm³/mol. The van der Waals surface area contributed by atoms with Crippen molar-refractivity contribution in [3.8, 4) is 5.75 Å². The molecule has 0 saturated heterocycles. The number of oxime groups is 1. The number of anilines is 1. The van der Waals surface area contributed by atoms with Crippen LogP contribution in [0.4, 0.5) is 5.69 Å². The van der Waals surface area contributed by atoms with E-state index in [4.69, 9.17) is 15.7 Å². The van der Waals surface area contributed by atoms with E-state index < -0.39 is 5.92 Å². The van der Waals surface area contributed by atoms with Crippen molar-refractivity contribution in [2.45, 2.75) is 13.3 Å². The maximum atomic E-state index is 12.0. The van der Waals surface area contributed by atoms with Crippen LogP contribution in [0, 0.1) is 5.92 Å². The lowest BCUT2D eigenvalue weighted by Crippen LogP contribution is -2.34. The van der Waals surface area contributed by atoms with Gasteiger partial charge >= 0.3 is 0 Å². The van der Waals surface area contributed by atoms with Crippen molar-refractivity contribution in [1.82, 2.24) is 0 Å². The molecule has 0 aliphatic heterocycles. The van der Waals surface area contributed by atoms with E-state index >= 15 is 0 Å². The van der Waals surface area contributed by atoms with E-state index in [1.165, 1.54) is 0 Å². The van der Waals surface area contributed by atoms with Gasteiger partial charge in [0, 0.05) is 16.2 Å². The predicted octanol–water partition coefficient (Wildman–Crippen LogP) is 2.17. The molecule has 0 heterocycles. The van der Waals surface area contributed by atoms with Gasteiger partial charge in [-0.2, -0.15) is 0 Å². The van der Waals surface area contributed by atoms with E-state index in [-0.39, 0.29) is 11.7 Å². The number of nitrogens with two attached hydrogens (primary N) is 1. The third kappa shape index (κ3) is 4.13. The van der Waals surface area contributed by atoms with Gasteiger partial charge in [0.25, 0.3) is 0 Å². The number of carbonyl (C=O) groups excluding carboxylic acids is 1. The number of hydrogen-bond acceptors (Lipinski definition) is 4. The molecule has 19 heavy (non-hydrogen) atoms. The Balaban J connectivity index is 2.89. The van der Waals surface area contributed by atoms with Crippen molar-refractivity contribution in [2.75, 3.05) is 12.4 Å². The van der Waals surface area contributed by atoms with Crippen molar-refractivity contribution < 1.29 is 14.7 Å². The summed E-state index contributed by atoms with van der Waals surface area (Å²) in [6.45, 7) is 1.78. The number of rotatable bonds is 5. The largest absolute Gasteiger partial charge is 0.497 e. The zero-order valence-corrected chi connectivity index (χ0v) is 12.3. The Kier molecular flexibility index (Phi) is 5.62. The molecule has 104 valence electrons. The molecule has 1 amide bonds. The number of ether oxygens (including phenoxy) is 1. The second-order valence-corrected chi connectivity index (χ2v) is 4.77. The van der Waals surface area contributed by atoms with Crippen molar-refractivity contribution in [3.05, 3.63) is 22.7 Å². The van der Waals surface area contributed by atoms with E-state index in [1.807, 2.05) is 0 Å². The standard InChI is InChI=1S/C12H16BrN3O3/c1-3-10(11(14)16-18)12(17)15-8-4-7(13)5-9(6-8)19-2/h4-6,10,18H,3H2,1-2H3,(H2,14,16)(H,15,17). The van der Waals surface area contributed by atoms with Crippen LogP contribution in [0.3, 0.4) is 0 Å². The summed E-state index contributed by atoms with van der Waals surface area (Å²) in [5, 5.41) is 14.2. The molecule has 6 nitrogen and oxygen atoms in total. The molecule has 0 fully saturated rings. The topological polar surface area (TPSA) is 96.9 Å². The van der Waals surface area contributed by atoms with E-state index in [9.17, 15) is 4.79 Å². The summed E-state index contributed by atoms with van der Waals surface area (Å²) >= 11 is 3.32. The summed E-state index contributed by atoms with van der Waals surface area (Å²) in [6, 6.07) is 5.19. The number of amidine groups is 1. The van der Waals surface area contributed by atoms with Gasteiger partial charge in [-0.15, -0.1) is 0 Å². The molecule has 4 N–H and O–H groups in total. The van der Waals surface area contributed by atoms with Gasteiger partial charge in [-0.25, -0.2) is 0 Å². The fourth-order valence-corrected chi connectivity index (χ4v) is 2.05. The van der Waals surface area contributed by atoms with E-state index in [0.29, 0.717) is 17.9 Å². The zero-order chi connectivity index (χ0) is 14.4. The minimum Gasteiger partial charge on any atom is -0.497 e. The molecular formula is C12H16BrN3O3. The molecule has 1 aromatic carbocycles. The first-order chi connectivity index (χ1) is 9.01. The Labute approximate surface area is 119 Å². The summed E-state index contributed by atoms with van der Waals surface area (Å²) in [5.74, 6) is -0.503. The van der Waals surface area contributed by atoms with E-state index in [0.717, 1.165) is 4.47 Å². The van der Waals surface area contributed by atoms with Crippen molar-refractivity contribution in [1.29, 1.82) is 0 Å². The van der Waals surface area contributed by atoms with Crippen LogP contribution in [0.5, 0.6) is 5.75 Å². The molecule has 0 bridgehead atoms. The highest BCUT2D eigenvalue weighted by Gasteiger charge is 2.21. The van der Waals surface area contributed by atoms with Gasteiger partial charge in [-0.1, -0.05) is 28.0 Å². The second-order valence-electron chi connectivity index (χ2n) is 3.85. The lowest BCUT2D eigenvalue weighted by atomic mass is 10.0. The summed E-state index contributed by atoms with van der Waals surface area (Å²) in [6.07, 6.45) is 0.437. The minimum absolute atomic E-state index is 0.109. The van der Waals surface area contributed by atoms with Crippen LogP contribution in [0.15, 0.2) is 27.8 Å². The number of nitrogens with one attached hydrogen (secondary N) is 1. The Bertz CT molecular complexity index is 491. The third-order valence-electron chi connectivity index (χ3n) is 2.57. The molecule has 7 heteroatoms. The molecule has 0 aromatic heterocycles. The lowest BCUT2D eigenvalue weighted by Gasteiger charge is -2.14. The Morgan fingerprint density at radius 3 is 2.79 bits per heavy atom. The number of hydrogen-bond donors (Lipinski definition) is 3. The number of halogens is 1. The third-order valence-corrected chi connectivity index (χ3v) is 3.03. The molecule has 0 spiro atoms. The van der Waals surface area contributed by atoms with Crippen LogP contribution in [0.2, 0.25) is 0 Å². The van der Waals surface area contributed by atoms with Crippen LogP contribution in [0.1, 0.15) is 13.3 Å². The minimum atomic E-state index is -0.671. The maximum Gasteiger partial charge on any atom is 0.235 e. The first-order valence-corrected chi connectivity index (χ1v) is 6.44. The SMILES string of the molecule is CCC(C(=O)Nc1cc(Br)cc(OC)c1)/C(N)=N/O. The van der Waals surface area contributed by atoms with Crippen molar-refractivity contribution in [3.63, 3.8) is 0 Å². The summed E-state index contributed by atoms with van der Waals surface area (Å²) in [5.41, 5.74) is 6.04. The first kappa shape index (κ1) is 15.3. The second kappa shape index (κ2) is 6.98. The average Bonchev–Trinajstić information content (AvgIpc) is 2.38. The quantitative estimate of drug-likeness (QED) is 0.334. The summed E-state index contributed by atoms with van der Waals surface area (Å²) in [7, 11) is 1.54. The highest BCUT2D eigenvalue weighted by atomic mass is 79.9. The number of nitrogens with zero attached hydrogens (tertiary/aromatic N) is 1. The fraction of sp³-hybridized carbons (Fsp3) is 0.333. The Morgan fingerprint density at radius 1 is 1.58 bits per heavy atom. The number of carbonyl (C=O) groups is 1. The summed E-state index contributed by atoms with van der Waals surface area (Å²) < 4.78 is 5.88. The highest BCUT2D eigenvalue weighted by molar-refractivity contribution is 9.10. The zero-order valence-electron chi connectivity index (χ0n) is 10.7. The van der Waals surface area contributed by atoms with Crippen LogP contribution in [-0.4, -0.2) is 24.1 Å². The van der Waals surface area contributed by atoms with Gasteiger partial charge in [-0.05, 0) is 18.6 Å². The lowest BCUT2D eigenvalue weighted by molar-refractivity contribution is -0.118. The Morgan fingerprint density at radius 2 is 2.26 bits per heavy atom. The van der Waals surface area contributed by atoms with Crippen molar-refractivity contribution in [2.24, 2.45) is 16.8 Å². The molecule has 0 aliphatic rings. The smallest absolute Gasteiger partial charge is 0.235 e. The normalized spacial score (nSPS) is 12.9. The van der Waals surface area contributed by atoms with Crippen LogP contribution in [-0.2, 0) is 4.79 Å². The van der Waals surface area contributed by atoms with Gasteiger partial charge in [0.15, 0.2) is 5.84 Å². The fourth-order valence-electron chi connectivity index (χ4n) is 1.58.